The molecule has 1 aliphatic carbocycles. The molecule has 0 amide bonds. The molecule has 0 nitrogen and oxygen atoms in total. The van der Waals surface area contributed by atoms with Gasteiger partial charge in [0.15, 0.2) is 0 Å². The molecule has 0 aromatic rings. The van der Waals surface area contributed by atoms with Crippen molar-refractivity contribution in [1.29, 1.82) is 0 Å². The summed E-state index contributed by atoms with van der Waals surface area (Å²) < 4.78 is 0. The average molecular weight is 120 g/mol. The second-order valence-electron chi connectivity index (χ2n) is 2.14. The number of hydrogen-bond donors (Lipinski definition) is 0. The van der Waals surface area contributed by atoms with Crippen LogP contribution in [0.2, 0.25) is 0 Å². The van der Waals surface area contributed by atoms with E-state index in [1.807, 2.05) is 0 Å². The predicted octanol–water partition coefficient (Wildman–Crippen LogP) is 2.84. The summed E-state index contributed by atoms with van der Waals surface area (Å²) in [5.74, 6) is 0. The summed E-state index contributed by atoms with van der Waals surface area (Å²) in [6, 6.07) is 0. The van der Waals surface area contributed by atoms with Gasteiger partial charge in [-0.2, -0.15) is 0 Å². The maximum Gasteiger partial charge on any atom is -0.0166 e. The molecule has 0 aliphatic heterocycles. The summed E-state index contributed by atoms with van der Waals surface area (Å²) >= 11 is 0. The summed E-state index contributed by atoms with van der Waals surface area (Å²) in [6.07, 6.45) is 16.5. The average Bonchev–Trinajstić information content (AvgIpc) is 2.00. The minimum Gasteiger partial charge on any atom is -0.0879 e. The molecule has 0 radical (unpaired) electrons. The van der Waals surface area contributed by atoms with Gasteiger partial charge in [0.05, 0.1) is 0 Å². The lowest BCUT2D eigenvalue weighted by atomic mass is 10.3. The lowest BCUT2D eigenvalue weighted by Crippen LogP contribution is -1.61. The Morgan fingerprint density at radius 1 is 0.667 bits per heavy atom. The highest BCUT2D eigenvalue weighted by molar-refractivity contribution is 5.06. The molecular formula is C9H12. The third kappa shape index (κ3) is 2.91. The monoisotopic (exact) mass is 120 g/mol. The molecule has 0 atom stereocenters. The van der Waals surface area contributed by atoms with E-state index in [4.69, 9.17) is 0 Å². The SMILES string of the molecule is C1=CC/C=C\CC/C=C\1. The maximum atomic E-state index is 2.24. The number of rotatable bonds is 0. The van der Waals surface area contributed by atoms with Crippen LogP contribution < -0.4 is 0 Å². The van der Waals surface area contributed by atoms with E-state index in [1.54, 1.807) is 0 Å². The van der Waals surface area contributed by atoms with Crippen molar-refractivity contribution < 1.29 is 0 Å². The van der Waals surface area contributed by atoms with Gasteiger partial charge in [-0.25, -0.2) is 0 Å². The largest absolute Gasteiger partial charge is 0.0879 e. The van der Waals surface area contributed by atoms with Crippen LogP contribution in [0, 0.1) is 0 Å². The molecule has 48 valence electrons. The zero-order valence-electron chi connectivity index (χ0n) is 5.59. The topological polar surface area (TPSA) is 0 Å². The van der Waals surface area contributed by atoms with E-state index >= 15 is 0 Å². The van der Waals surface area contributed by atoms with Crippen LogP contribution in [0.3, 0.4) is 0 Å². The normalized spacial score (nSPS) is 25.8. The zero-order valence-corrected chi connectivity index (χ0v) is 5.59. The summed E-state index contributed by atoms with van der Waals surface area (Å²) in [7, 11) is 0. The van der Waals surface area contributed by atoms with Crippen molar-refractivity contribution in [1.82, 2.24) is 0 Å². The second-order valence-corrected chi connectivity index (χ2v) is 2.14. The van der Waals surface area contributed by atoms with Crippen LogP contribution in [0.5, 0.6) is 0 Å². The van der Waals surface area contributed by atoms with Crippen LogP contribution in [0.4, 0.5) is 0 Å². The fourth-order valence-corrected chi connectivity index (χ4v) is 0.817. The first-order chi connectivity index (χ1) is 4.50. The molecule has 0 bridgehead atoms. The number of allylic oxidation sites excluding steroid dienone is 6. The van der Waals surface area contributed by atoms with Gasteiger partial charge in [-0.1, -0.05) is 36.5 Å². The molecule has 0 heteroatoms. The van der Waals surface area contributed by atoms with Crippen LogP contribution in [-0.4, -0.2) is 0 Å². The van der Waals surface area contributed by atoms with E-state index in [0.29, 0.717) is 0 Å². The minimum absolute atomic E-state index is 1.09. The van der Waals surface area contributed by atoms with Crippen LogP contribution >= 0.6 is 0 Å². The van der Waals surface area contributed by atoms with Crippen molar-refractivity contribution in [3.05, 3.63) is 36.5 Å². The Hall–Kier alpha value is -0.780. The Morgan fingerprint density at radius 3 is 2.44 bits per heavy atom. The van der Waals surface area contributed by atoms with E-state index in [2.05, 4.69) is 36.5 Å². The Bertz CT molecular complexity index is 138. The Labute approximate surface area is 56.6 Å². The van der Waals surface area contributed by atoms with Crippen molar-refractivity contribution in [3.63, 3.8) is 0 Å². The predicted molar refractivity (Wildman–Crippen MR) is 41.3 cm³/mol. The molecule has 1 rings (SSSR count). The van der Waals surface area contributed by atoms with Gasteiger partial charge in [0, 0.05) is 0 Å². The Morgan fingerprint density at radius 2 is 1.44 bits per heavy atom. The summed E-state index contributed by atoms with van der Waals surface area (Å²) in [4.78, 5) is 0. The van der Waals surface area contributed by atoms with Crippen molar-refractivity contribution in [2.75, 3.05) is 0 Å². The molecule has 0 saturated heterocycles. The van der Waals surface area contributed by atoms with Gasteiger partial charge in [-0.15, -0.1) is 0 Å². The van der Waals surface area contributed by atoms with E-state index in [9.17, 15) is 0 Å². The van der Waals surface area contributed by atoms with Gasteiger partial charge in [0.25, 0.3) is 0 Å². The summed E-state index contributed by atoms with van der Waals surface area (Å²) in [6.45, 7) is 0. The summed E-state index contributed by atoms with van der Waals surface area (Å²) in [5.41, 5.74) is 0. The van der Waals surface area contributed by atoms with Gasteiger partial charge in [0.2, 0.25) is 0 Å². The van der Waals surface area contributed by atoms with Crippen molar-refractivity contribution in [3.8, 4) is 0 Å². The van der Waals surface area contributed by atoms with Gasteiger partial charge >= 0.3 is 0 Å². The van der Waals surface area contributed by atoms with Crippen molar-refractivity contribution in [2.45, 2.75) is 19.3 Å². The fraction of sp³-hybridized carbons (Fsp3) is 0.333. The van der Waals surface area contributed by atoms with E-state index < -0.39 is 0 Å². The molecular weight excluding hydrogens is 108 g/mol. The van der Waals surface area contributed by atoms with E-state index in [-0.39, 0.29) is 0 Å². The Balaban J connectivity index is 2.43. The fourth-order valence-electron chi connectivity index (χ4n) is 0.817. The maximum absolute atomic E-state index is 2.24. The smallest absolute Gasteiger partial charge is 0.0166 e. The zero-order chi connectivity index (χ0) is 6.36. The van der Waals surface area contributed by atoms with Crippen LogP contribution in [0.25, 0.3) is 0 Å². The molecule has 0 heterocycles. The second kappa shape index (κ2) is 4.13. The summed E-state index contributed by atoms with van der Waals surface area (Å²) in [5, 5.41) is 0. The van der Waals surface area contributed by atoms with Gasteiger partial charge in [-0.05, 0) is 19.3 Å². The molecule has 0 fully saturated rings. The van der Waals surface area contributed by atoms with Gasteiger partial charge < -0.3 is 0 Å². The van der Waals surface area contributed by atoms with Gasteiger partial charge in [0.1, 0.15) is 0 Å². The first-order valence-electron chi connectivity index (χ1n) is 3.47. The lowest BCUT2D eigenvalue weighted by molar-refractivity contribution is 1.05. The van der Waals surface area contributed by atoms with Crippen molar-refractivity contribution >= 4 is 0 Å². The minimum atomic E-state index is 1.09. The molecule has 0 aromatic carbocycles. The Kier molecular flexibility index (Phi) is 2.91. The highest BCUT2D eigenvalue weighted by Gasteiger charge is 1.77. The standard InChI is InChI=1S/C9H12/c1-2-4-6-8-9-7-5-3-1/h1-4,7,9H,5-6,8H2/b3-1?,4-2-,9-7-. The van der Waals surface area contributed by atoms with Crippen LogP contribution in [0.15, 0.2) is 36.5 Å². The first kappa shape index (κ1) is 6.34. The molecule has 0 N–H and O–H groups in total. The highest BCUT2D eigenvalue weighted by atomic mass is 13.8. The van der Waals surface area contributed by atoms with Crippen LogP contribution in [-0.2, 0) is 0 Å². The molecule has 0 aromatic heterocycles. The lowest BCUT2D eigenvalue weighted by Gasteiger charge is -1.81. The molecule has 1 aliphatic rings. The third-order valence-corrected chi connectivity index (χ3v) is 1.32. The van der Waals surface area contributed by atoms with Gasteiger partial charge in [-0.3, -0.25) is 0 Å². The molecule has 0 spiro atoms. The first-order valence-corrected chi connectivity index (χ1v) is 3.47. The van der Waals surface area contributed by atoms with Crippen LogP contribution in [0.1, 0.15) is 19.3 Å². The number of hydrogen-bond acceptors (Lipinski definition) is 0. The molecule has 9 heavy (non-hydrogen) atoms. The van der Waals surface area contributed by atoms with E-state index in [1.165, 1.54) is 12.8 Å². The molecule has 0 saturated carbocycles. The molecule has 0 unspecified atom stereocenters. The highest BCUT2D eigenvalue weighted by Crippen LogP contribution is 1.98. The third-order valence-electron chi connectivity index (χ3n) is 1.32. The van der Waals surface area contributed by atoms with E-state index in [0.717, 1.165) is 6.42 Å². The quantitative estimate of drug-likeness (QED) is 0.431. The van der Waals surface area contributed by atoms with Crippen molar-refractivity contribution in [2.24, 2.45) is 0 Å².